The summed E-state index contributed by atoms with van der Waals surface area (Å²) in [5.74, 6) is -1.55. The van der Waals surface area contributed by atoms with Gasteiger partial charge in [-0.3, -0.25) is 0 Å². The summed E-state index contributed by atoms with van der Waals surface area (Å²) in [6, 6.07) is 0. The zero-order chi connectivity index (χ0) is 7.78. The molecule has 0 heterocycles. The summed E-state index contributed by atoms with van der Waals surface area (Å²) >= 11 is 0. The second kappa shape index (κ2) is 2.48. The van der Waals surface area contributed by atoms with Crippen LogP contribution < -0.4 is 0 Å². The minimum absolute atomic E-state index is 0.127. The van der Waals surface area contributed by atoms with E-state index in [0.717, 1.165) is 6.42 Å². The lowest BCUT2D eigenvalue weighted by Crippen LogP contribution is -2.38. The van der Waals surface area contributed by atoms with E-state index >= 15 is 0 Å². The van der Waals surface area contributed by atoms with Gasteiger partial charge in [0, 0.05) is 12.8 Å². The lowest BCUT2D eigenvalue weighted by Gasteiger charge is -2.38. The van der Waals surface area contributed by atoms with E-state index in [-0.39, 0.29) is 12.8 Å². The normalized spacial score (nSPS) is 27.6. The van der Waals surface area contributed by atoms with E-state index in [4.69, 9.17) is 0 Å². The third-order valence-corrected chi connectivity index (χ3v) is 2.57. The number of rotatable bonds is 2. The summed E-state index contributed by atoms with van der Waals surface area (Å²) in [5, 5.41) is 0. The molecule has 1 rings (SSSR count). The molecule has 0 aromatic carbocycles. The van der Waals surface area contributed by atoms with E-state index in [9.17, 15) is 8.78 Å². The van der Waals surface area contributed by atoms with Gasteiger partial charge in [-0.1, -0.05) is 20.3 Å². The van der Waals surface area contributed by atoms with Crippen LogP contribution in [0.15, 0.2) is 0 Å². The molecule has 0 unspecified atom stereocenters. The number of hydrogen-bond donors (Lipinski definition) is 0. The Morgan fingerprint density at radius 3 is 2.30 bits per heavy atom. The van der Waals surface area contributed by atoms with E-state index in [1.54, 1.807) is 0 Å². The van der Waals surface area contributed by atoms with E-state index in [2.05, 4.69) is 13.8 Å². The molecule has 0 nitrogen and oxygen atoms in total. The first-order valence-corrected chi connectivity index (χ1v) is 3.93. The van der Waals surface area contributed by atoms with Crippen molar-refractivity contribution in [3.8, 4) is 0 Å². The number of halogens is 2. The van der Waals surface area contributed by atoms with Crippen LogP contribution in [0, 0.1) is 11.8 Å². The van der Waals surface area contributed by atoms with Gasteiger partial charge in [0.25, 0.3) is 0 Å². The van der Waals surface area contributed by atoms with Gasteiger partial charge in [-0.2, -0.15) is 0 Å². The van der Waals surface area contributed by atoms with E-state index < -0.39 is 5.92 Å². The summed E-state index contributed by atoms with van der Waals surface area (Å²) in [4.78, 5) is 0. The van der Waals surface area contributed by atoms with Crippen LogP contribution in [0.2, 0.25) is 0 Å². The van der Waals surface area contributed by atoms with Crippen molar-refractivity contribution in [3.05, 3.63) is 0 Å². The molecule has 0 aromatic heterocycles. The Labute approximate surface area is 60.6 Å². The maximum atomic E-state index is 12.3. The molecule has 0 N–H and O–H groups in total. The zero-order valence-electron chi connectivity index (χ0n) is 6.53. The number of alkyl halides is 2. The van der Waals surface area contributed by atoms with Crippen molar-refractivity contribution in [1.29, 1.82) is 0 Å². The highest BCUT2D eigenvalue weighted by Crippen LogP contribution is 2.46. The topological polar surface area (TPSA) is 0 Å². The molecule has 0 spiro atoms. The van der Waals surface area contributed by atoms with Gasteiger partial charge in [0.2, 0.25) is 5.92 Å². The Bertz CT molecular complexity index is 112. The average Bonchev–Trinajstić information content (AvgIpc) is 1.81. The fraction of sp³-hybridized carbons (Fsp3) is 1.00. The maximum Gasteiger partial charge on any atom is 0.248 e. The fourth-order valence-electron chi connectivity index (χ4n) is 1.44. The van der Waals surface area contributed by atoms with Crippen molar-refractivity contribution < 1.29 is 8.78 Å². The summed E-state index contributed by atoms with van der Waals surface area (Å²) in [6.07, 6.45) is 1.28. The van der Waals surface area contributed by atoms with Crippen molar-refractivity contribution in [2.45, 2.75) is 39.0 Å². The van der Waals surface area contributed by atoms with Crippen molar-refractivity contribution in [2.24, 2.45) is 11.8 Å². The largest absolute Gasteiger partial charge is 0.248 e. The summed E-state index contributed by atoms with van der Waals surface area (Å²) in [6.45, 7) is 4.11. The third kappa shape index (κ3) is 1.47. The smallest absolute Gasteiger partial charge is 0.207 e. The molecule has 1 saturated carbocycles. The maximum absolute atomic E-state index is 12.3. The molecular weight excluding hydrogens is 134 g/mol. The monoisotopic (exact) mass is 148 g/mol. The second-order valence-electron chi connectivity index (χ2n) is 3.41. The molecule has 1 aliphatic carbocycles. The fourth-order valence-corrected chi connectivity index (χ4v) is 1.44. The van der Waals surface area contributed by atoms with Gasteiger partial charge in [-0.25, -0.2) is 8.78 Å². The van der Waals surface area contributed by atoms with Crippen LogP contribution in [-0.4, -0.2) is 5.92 Å². The molecular formula is C8H14F2. The van der Waals surface area contributed by atoms with Crippen LogP contribution >= 0.6 is 0 Å². The van der Waals surface area contributed by atoms with E-state index in [1.165, 1.54) is 0 Å². The summed E-state index contributed by atoms with van der Waals surface area (Å²) in [7, 11) is 0. The van der Waals surface area contributed by atoms with Gasteiger partial charge in [0.05, 0.1) is 0 Å². The molecule has 1 atom stereocenters. The molecule has 0 bridgehead atoms. The van der Waals surface area contributed by atoms with Crippen LogP contribution in [0.1, 0.15) is 33.1 Å². The van der Waals surface area contributed by atoms with Crippen LogP contribution in [0.5, 0.6) is 0 Å². The molecule has 0 amide bonds. The van der Waals surface area contributed by atoms with Crippen LogP contribution in [0.25, 0.3) is 0 Å². The Morgan fingerprint density at radius 1 is 1.50 bits per heavy atom. The van der Waals surface area contributed by atoms with Crippen LogP contribution in [0.3, 0.4) is 0 Å². The van der Waals surface area contributed by atoms with Crippen molar-refractivity contribution in [3.63, 3.8) is 0 Å². The average molecular weight is 148 g/mol. The molecule has 1 aliphatic rings. The van der Waals surface area contributed by atoms with Crippen molar-refractivity contribution >= 4 is 0 Å². The number of hydrogen-bond acceptors (Lipinski definition) is 0. The first-order valence-electron chi connectivity index (χ1n) is 3.93. The van der Waals surface area contributed by atoms with E-state index in [1.807, 2.05) is 0 Å². The van der Waals surface area contributed by atoms with Gasteiger partial charge in [-0.15, -0.1) is 0 Å². The minimum Gasteiger partial charge on any atom is -0.207 e. The minimum atomic E-state index is -2.33. The quantitative estimate of drug-likeness (QED) is 0.564. The standard InChI is InChI=1S/C8H14F2/c1-3-6(2)7-4-8(9,10)5-7/h6-7H,3-5H2,1-2H3/t6-/m1/s1. The molecule has 10 heavy (non-hydrogen) atoms. The van der Waals surface area contributed by atoms with Crippen LogP contribution in [-0.2, 0) is 0 Å². The Hall–Kier alpha value is -0.140. The van der Waals surface area contributed by atoms with E-state index in [0.29, 0.717) is 11.8 Å². The summed E-state index contributed by atoms with van der Waals surface area (Å²) in [5.41, 5.74) is 0. The SMILES string of the molecule is CC[C@@H](C)C1CC(F)(F)C1. The predicted octanol–water partition coefficient (Wildman–Crippen LogP) is 3.08. The molecule has 0 aliphatic heterocycles. The third-order valence-electron chi connectivity index (χ3n) is 2.57. The van der Waals surface area contributed by atoms with Gasteiger partial charge >= 0.3 is 0 Å². The lowest BCUT2D eigenvalue weighted by atomic mass is 9.73. The zero-order valence-corrected chi connectivity index (χ0v) is 6.53. The van der Waals surface area contributed by atoms with Crippen molar-refractivity contribution in [1.82, 2.24) is 0 Å². The van der Waals surface area contributed by atoms with Gasteiger partial charge in [0.15, 0.2) is 0 Å². The van der Waals surface area contributed by atoms with Gasteiger partial charge in [-0.05, 0) is 11.8 Å². The molecule has 60 valence electrons. The molecule has 0 aromatic rings. The lowest BCUT2D eigenvalue weighted by molar-refractivity contribution is -0.124. The van der Waals surface area contributed by atoms with Crippen molar-refractivity contribution in [2.75, 3.05) is 0 Å². The molecule has 2 heteroatoms. The summed E-state index contributed by atoms with van der Waals surface area (Å²) < 4.78 is 24.6. The molecule has 0 radical (unpaired) electrons. The van der Waals surface area contributed by atoms with Gasteiger partial charge < -0.3 is 0 Å². The first kappa shape index (κ1) is 7.96. The Morgan fingerprint density at radius 2 is 2.00 bits per heavy atom. The highest BCUT2D eigenvalue weighted by molar-refractivity contribution is 4.88. The second-order valence-corrected chi connectivity index (χ2v) is 3.41. The molecule has 1 fully saturated rings. The predicted molar refractivity (Wildman–Crippen MR) is 37.1 cm³/mol. The highest BCUT2D eigenvalue weighted by atomic mass is 19.3. The Kier molecular flexibility index (Phi) is 1.97. The molecule has 0 saturated heterocycles. The Balaban J connectivity index is 2.26. The highest BCUT2D eigenvalue weighted by Gasteiger charge is 2.46. The van der Waals surface area contributed by atoms with Crippen LogP contribution in [0.4, 0.5) is 8.78 Å². The van der Waals surface area contributed by atoms with Gasteiger partial charge in [0.1, 0.15) is 0 Å². The first-order chi connectivity index (χ1) is 4.55.